The van der Waals surface area contributed by atoms with Gasteiger partial charge in [0, 0.05) is 29.0 Å². The van der Waals surface area contributed by atoms with Crippen molar-refractivity contribution in [2.75, 3.05) is 5.32 Å². The minimum absolute atomic E-state index is 0.312. The Bertz CT molecular complexity index is 1280. The fourth-order valence-electron chi connectivity index (χ4n) is 3.11. The third-order valence-electron chi connectivity index (χ3n) is 4.55. The first kappa shape index (κ1) is 19.4. The highest BCUT2D eigenvalue weighted by Gasteiger charge is 2.30. The number of nitrogens with zero attached hydrogens (tertiary/aromatic N) is 1. The van der Waals surface area contributed by atoms with Crippen molar-refractivity contribution < 1.29 is 13.2 Å². The largest absolute Gasteiger partial charge is 0.416 e. The molecule has 150 valence electrons. The summed E-state index contributed by atoms with van der Waals surface area (Å²) in [6.45, 7) is 0. The van der Waals surface area contributed by atoms with Gasteiger partial charge in [0.2, 0.25) is 0 Å². The van der Waals surface area contributed by atoms with Gasteiger partial charge < -0.3 is 10.3 Å². The molecule has 4 aromatic rings. The Hall–Kier alpha value is -3.87. The first-order valence-corrected chi connectivity index (χ1v) is 9.09. The van der Waals surface area contributed by atoms with Crippen molar-refractivity contribution in [2.24, 2.45) is 0 Å². The van der Waals surface area contributed by atoms with Crippen molar-refractivity contribution in [3.63, 3.8) is 0 Å². The number of nitrogens with one attached hydrogen (secondary N) is 2. The fourth-order valence-corrected chi connectivity index (χ4v) is 3.11. The van der Waals surface area contributed by atoms with E-state index in [-0.39, 0.29) is 5.56 Å². The van der Waals surface area contributed by atoms with E-state index >= 15 is 0 Å². The lowest BCUT2D eigenvalue weighted by Crippen LogP contribution is -2.09. The third-order valence-corrected chi connectivity index (χ3v) is 4.55. The number of para-hydroxylation sites is 1. The van der Waals surface area contributed by atoms with Gasteiger partial charge in [0.1, 0.15) is 5.82 Å². The number of fused-ring (bicyclic) bond motifs is 1. The van der Waals surface area contributed by atoms with Crippen LogP contribution in [0.1, 0.15) is 16.7 Å². The van der Waals surface area contributed by atoms with Crippen molar-refractivity contribution in [2.45, 2.75) is 6.18 Å². The van der Waals surface area contributed by atoms with Crippen molar-refractivity contribution >= 4 is 34.4 Å². The van der Waals surface area contributed by atoms with E-state index in [9.17, 15) is 18.0 Å². The number of aromatic amines is 1. The van der Waals surface area contributed by atoms with E-state index in [1.54, 1.807) is 30.5 Å². The van der Waals surface area contributed by atoms with Crippen LogP contribution in [0.25, 0.3) is 22.9 Å². The van der Waals surface area contributed by atoms with Gasteiger partial charge in [-0.25, -0.2) is 4.98 Å². The molecule has 4 rings (SSSR count). The number of benzene rings is 2. The predicted molar refractivity (Wildman–Crippen MR) is 112 cm³/mol. The van der Waals surface area contributed by atoms with E-state index in [1.165, 1.54) is 12.3 Å². The van der Waals surface area contributed by atoms with E-state index in [0.29, 0.717) is 27.7 Å². The average Bonchev–Trinajstić information content (AvgIpc) is 2.73. The minimum atomic E-state index is -4.41. The van der Waals surface area contributed by atoms with Crippen molar-refractivity contribution in [3.05, 3.63) is 100 Å². The van der Waals surface area contributed by atoms with Gasteiger partial charge in [-0.05, 0) is 35.9 Å². The standard InChI is InChI=1S/C23H16F3N3O/c24-23(25,26)17-6-4-5-15(13-17)9-10-16-14-28-21(29-18-7-2-1-3-8-18)20-19(16)11-12-27-22(20)30/h1-14H,(H,27,30)(H,28,29). The first-order chi connectivity index (χ1) is 14.4. The van der Waals surface area contributed by atoms with Crippen LogP contribution in [0.3, 0.4) is 0 Å². The van der Waals surface area contributed by atoms with Gasteiger partial charge in [-0.1, -0.05) is 42.5 Å². The number of halogens is 3. The van der Waals surface area contributed by atoms with E-state index in [1.807, 2.05) is 30.3 Å². The number of H-pyrrole nitrogens is 1. The predicted octanol–water partition coefficient (Wildman–Crippen LogP) is 5.86. The molecule has 0 saturated heterocycles. The van der Waals surface area contributed by atoms with Gasteiger partial charge in [0.05, 0.1) is 10.9 Å². The second kappa shape index (κ2) is 7.87. The molecule has 0 aliphatic heterocycles. The van der Waals surface area contributed by atoms with Gasteiger partial charge in [0.25, 0.3) is 5.56 Å². The maximum absolute atomic E-state index is 12.9. The molecule has 0 amide bonds. The summed E-state index contributed by atoms with van der Waals surface area (Å²) in [7, 11) is 0. The molecule has 0 unspecified atom stereocenters. The van der Waals surface area contributed by atoms with E-state index in [4.69, 9.17) is 0 Å². The lowest BCUT2D eigenvalue weighted by molar-refractivity contribution is -0.137. The second-order valence-electron chi connectivity index (χ2n) is 6.61. The van der Waals surface area contributed by atoms with Crippen LogP contribution in [-0.4, -0.2) is 9.97 Å². The normalized spacial score (nSPS) is 11.8. The molecule has 2 aromatic carbocycles. The highest BCUT2D eigenvalue weighted by atomic mass is 19.4. The molecule has 0 fully saturated rings. The summed E-state index contributed by atoms with van der Waals surface area (Å²) in [6.07, 6.45) is 1.92. The van der Waals surface area contributed by atoms with Crippen LogP contribution in [0.2, 0.25) is 0 Å². The first-order valence-electron chi connectivity index (χ1n) is 9.09. The summed E-state index contributed by atoms with van der Waals surface area (Å²) >= 11 is 0. The summed E-state index contributed by atoms with van der Waals surface area (Å²) in [6, 6.07) is 16.1. The van der Waals surface area contributed by atoms with Gasteiger partial charge in [-0.15, -0.1) is 0 Å². The third kappa shape index (κ3) is 4.10. The molecule has 0 atom stereocenters. The lowest BCUT2D eigenvalue weighted by atomic mass is 10.1. The molecular formula is C23H16F3N3O. The number of hydrogen-bond acceptors (Lipinski definition) is 3. The van der Waals surface area contributed by atoms with Gasteiger partial charge in [-0.3, -0.25) is 4.79 Å². The number of hydrogen-bond donors (Lipinski definition) is 2. The Balaban J connectivity index is 1.74. The smallest absolute Gasteiger partial charge is 0.340 e. The summed E-state index contributed by atoms with van der Waals surface area (Å²) < 4.78 is 38.8. The number of aromatic nitrogens is 2. The zero-order valence-corrected chi connectivity index (χ0v) is 15.6. The molecule has 0 radical (unpaired) electrons. The van der Waals surface area contributed by atoms with Crippen molar-refractivity contribution in [1.29, 1.82) is 0 Å². The highest BCUT2D eigenvalue weighted by Crippen LogP contribution is 2.30. The molecule has 2 aromatic heterocycles. The van der Waals surface area contributed by atoms with Crippen LogP contribution in [0, 0.1) is 0 Å². The minimum Gasteiger partial charge on any atom is -0.340 e. The van der Waals surface area contributed by atoms with Crippen LogP contribution in [0.5, 0.6) is 0 Å². The zero-order valence-electron chi connectivity index (χ0n) is 15.6. The molecule has 0 aliphatic rings. The van der Waals surface area contributed by atoms with E-state index in [2.05, 4.69) is 15.3 Å². The number of alkyl halides is 3. The number of rotatable bonds is 4. The lowest BCUT2D eigenvalue weighted by Gasteiger charge is -2.10. The van der Waals surface area contributed by atoms with Crippen LogP contribution in [-0.2, 0) is 6.18 Å². The molecule has 30 heavy (non-hydrogen) atoms. The van der Waals surface area contributed by atoms with Crippen molar-refractivity contribution in [1.82, 2.24) is 9.97 Å². The zero-order chi connectivity index (χ0) is 21.1. The van der Waals surface area contributed by atoms with Crippen LogP contribution < -0.4 is 10.9 Å². The van der Waals surface area contributed by atoms with E-state index < -0.39 is 11.7 Å². The maximum atomic E-state index is 12.9. The molecule has 2 N–H and O–H groups in total. The SMILES string of the molecule is O=c1[nH]ccc2c(C=Cc3cccc(C(F)(F)F)c3)cnc(Nc3ccccc3)c12. The van der Waals surface area contributed by atoms with Crippen LogP contribution in [0.15, 0.2) is 77.9 Å². The Kier molecular flexibility index (Phi) is 5.10. The topological polar surface area (TPSA) is 57.8 Å². The summed E-state index contributed by atoms with van der Waals surface area (Å²) in [5.74, 6) is 0.397. The van der Waals surface area contributed by atoms with Gasteiger partial charge >= 0.3 is 6.18 Å². The van der Waals surface area contributed by atoms with Gasteiger partial charge in [-0.2, -0.15) is 13.2 Å². The number of anilines is 2. The van der Waals surface area contributed by atoms with Gasteiger partial charge in [0.15, 0.2) is 0 Å². The number of pyridine rings is 2. The second-order valence-corrected chi connectivity index (χ2v) is 6.61. The Morgan fingerprint density at radius 1 is 0.967 bits per heavy atom. The Morgan fingerprint density at radius 3 is 2.53 bits per heavy atom. The Morgan fingerprint density at radius 2 is 1.77 bits per heavy atom. The average molecular weight is 407 g/mol. The molecule has 0 spiro atoms. The van der Waals surface area contributed by atoms with Crippen LogP contribution >= 0.6 is 0 Å². The highest BCUT2D eigenvalue weighted by molar-refractivity contribution is 5.98. The van der Waals surface area contributed by atoms with E-state index in [0.717, 1.165) is 17.8 Å². The molecule has 0 aliphatic carbocycles. The molecule has 4 nitrogen and oxygen atoms in total. The molecule has 2 heterocycles. The summed E-state index contributed by atoms with van der Waals surface area (Å²) in [5, 5.41) is 4.14. The molecule has 0 saturated carbocycles. The Labute approximate surface area is 169 Å². The molecule has 7 heteroatoms. The summed E-state index contributed by atoms with van der Waals surface area (Å²) in [5.41, 5.74) is 0.766. The van der Waals surface area contributed by atoms with Crippen molar-refractivity contribution in [3.8, 4) is 0 Å². The monoisotopic (exact) mass is 407 g/mol. The molecule has 0 bridgehead atoms. The fraction of sp³-hybridized carbons (Fsp3) is 0.0435. The van der Waals surface area contributed by atoms with Crippen LogP contribution in [0.4, 0.5) is 24.7 Å². The molecular weight excluding hydrogens is 391 g/mol. The maximum Gasteiger partial charge on any atom is 0.416 e. The summed E-state index contributed by atoms with van der Waals surface area (Å²) in [4.78, 5) is 19.5. The quantitative estimate of drug-likeness (QED) is 0.446.